The average molecular weight is 728 g/mol. The van der Waals surface area contributed by atoms with Crippen molar-refractivity contribution in [1.29, 1.82) is 0 Å². The summed E-state index contributed by atoms with van der Waals surface area (Å²) in [6.45, 7) is 0. The van der Waals surface area contributed by atoms with E-state index < -0.39 is 91.0 Å². The van der Waals surface area contributed by atoms with Crippen molar-refractivity contribution in [3.05, 3.63) is 19.3 Å². The van der Waals surface area contributed by atoms with Crippen molar-refractivity contribution < 1.29 is 146 Å². The van der Waals surface area contributed by atoms with Crippen molar-refractivity contribution in [1.82, 2.24) is 0 Å². The average Bonchev–Trinajstić information content (AvgIpc) is 2.64. The third-order valence-electron chi connectivity index (χ3n) is 2.46. The predicted octanol–water partition coefficient (Wildman–Crippen LogP) is 3.53. The number of hydrogen-bond acceptors (Lipinski definition) is 6. The summed E-state index contributed by atoms with van der Waals surface area (Å²) in [7, 11) is 0. The summed E-state index contributed by atoms with van der Waals surface area (Å²) in [5.74, 6) is -16.9. The fourth-order valence-electron chi connectivity index (χ4n) is 0.848. The van der Waals surface area contributed by atoms with Crippen LogP contribution in [0.5, 0.6) is 0 Å². The minimum atomic E-state index is -5.46. The van der Waals surface area contributed by atoms with Crippen molar-refractivity contribution in [2.45, 2.75) is 37.1 Å². The zero-order valence-corrected chi connectivity index (χ0v) is 20.9. The Morgan fingerprint density at radius 1 is 0.293 bits per heavy atom. The Morgan fingerprint density at radius 2 is 0.366 bits per heavy atom. The number of hydrogen-bond donors (Lipinski definition) is 0. The van der Waals surface area contributed by atoms with E-state index in [4.69, 9.17) is 0 Å². The molecule has 0 amide bonds. The fraction of sp³-hybridized carbons (Fsp3) is 0.400. The first kappa shape index (κ1) is 48.2. The molecule has 0 aromatic rings. The summed E-state index contributed by atoms with van der Waals surface area (Å²) in [5.41, 5.74) is 0. The van der Waals surface area contributed by atoms with Crippen molar-refractivity contribution in [2.24, 2.45) is 0 Å². The molecule has 2 N–H and O–H groups in total. The van der Waals surface area contributed by atoms with Crippen LogP contribution in [-0.2, 0) is 61.5 Å². The van der Waals surface area contributed by atoms with Crippen LogP contribution in [-0.4, -0.2) is 77.2 Å². The van der Waals surface area contributed by atoms with Crippen molar-refractivity contribution >= 4 is 34.7 Å². The van der Waals surface area contributed by atoms with Gasteiger partial charge in [-0.25, -0.2) is 19.3 Å². The largest absolute Gasteiger partial charge is 3.00 e. The molecule has 0 heterocycles. The van der Waals surface area contributed by atoms with Gasteiger partial charge >= 0.3 is 69.8 Å². The minimum Gasteiger partial charge on any atom is -0.412 e. The molecule has 26 heteroatoms. The van der Waals surface area contributed by atoms with Gasteiger partial charge in [0.25, 0.3) is 0 Å². The molecule has 0 aliphatic carbocycles. The van der Waals surface area contributed by atoms with Gasteiger partial charge in [-0.1, -0.05) is 0 Å². The van der Waals surface area contributed by atoms with Crippen LogP contribution in [0.15, 0.2) is 0 Å². The van der Waals surface area contributed by atoms with Crippen LogP contribution in [0.4, 0.5) is 79.0 Å². The molecule has 0 aromatic carbocycles. The summed E-state index contributed by atoms with van der Waals surface area (Å²) in [6, 6.07) is 0. The first-order chi connectivity index (χ1) is 16.6. The van der Waals surface area contributed by atoms with E-state index in [0.29, 0.717) is 0 Å². The van der Waals surface area contributed by atoms with Crippen LogP contribution in [0.1, 0.15) is 0 Å². The van der Waals surface area contributed by atoms with Gasteiger partial charge in [-0.3, -0.25) is 0 Å². The van der Waals surface area contributed by atoms with Gasteiger partial charge in [-0.05, 0) is 0 Å². The Kier molecular flexibility index (Phi) is 19.7. The van der Waals surface area contributed by atoms with Crippen molar-refractivity contribution in [2.75, 3.05) is 0 Å². The molecular formula is C15H5F18O7Y. The second kappa shape index (κ2) is 16.8. The van der Waals surface area contributed by atoms with Crippen LogP contribution < -0.4 is 0 Å². The number of carbonyl (C=O) groups excluding carboxylic acids is 6. The first-order valence-electron chi connectivity index (χ1n) is 7.86. The molecule has 236 valence electrons. The van der Waals surface area contributed by atoms with E-state index in [0.717, 1.165) is 0 Å². The molecule has 0 aliphatic rings. The molecule has 0 bridgehead atoms. The van der Waals surface area contributed by atoms with E-state index in [2.05, 4.69) is 0 Å². The molecule has 41 heavy (non-hydrogen) atoms. The zero-order chi connectivity index (χ0) is 32.6. The van der Waals surface area contributed by atoms with E-state index >= 15 is 0 Å². The number of ketones is 6. The van der Waals surface area contributed by atoms with Crippen molar-refractivity contribution in [3.8, 4) is 0 Å². The Labute approximate surface area is 237 Å². The zero-order valence-electron chi connectivity index (χ0n) is 18.1. The summed E-state index contributed by atoms with van der Waals surface area (Å²) < 4.78 is 203. The molecular weight excluding hydrogens is 723 g/mol. The van der Waals surface area contributed by atoms with Gasteiger partial charge < -0.3 is 34.2 Å². The molecule has 0 aliphatic heterocycles. The van der Waals surface area contributed by atoms with Crippen LogP contribution in [0, 0.1) is 19.3 Å². The van der Waals surface area contributed by atoms with Gasteiger partial charge in [0.2, 0.25) is 0 Å². The molecule has 0 spiro atoms. The summed E-state index contributed by atoms with van der Waals surface area (Å²) >= 11 is 0. The summed E-state index contributed by atoms with van der Waals surface area (Å²) in [5, 5.41) is 0. The quantitative estimate of drug-likeness (QED) is 0.234. The molecule has 0 rings (SSSR count). The minimum absolute atomic E-state index is 0. The first-order valence-corrected chi connectivity index (χ1v) is 7.86. The van der Waals surface area contributed by atoms with Crippen LogP contribution in [0.3, 0.4) is 0 Å². The number of Topliss-reactive ketones (excluding diaryl/α,β-unsaturated/α-hetero) is 6. The standard InChI is InChI=1S/3C5HF6O2.H2O.Y/c3*6-4(7,8)2(12)1-3(13)5(9,10)11;;/h3*1H;1H2;/q3*-1;;+3. The second-order valence-electron chi connectivity index (χ2n) is 5.61. The van der Waals surface area contributed by atoms with E-state index in [1.165, 1.54) is 0 Å². The summed E-state index contributed by atoms with van der Waals surface area (Å²) in [4.78, 5) is 58.9. The Hall–Kier alpha value is -2.57. The van der Waals surface area contributed by atoms with Gasteiger partial charge in [-0.2, -0.15) is 79.0 Å². The topological polar surface area (TPSA) is 134 Å². The van der Waals surface area contributed by atoms with Gasteiger partial charge in [0.1, 0.15) is 34.7 Å². The third kappa shape index (κ3) is 22.8. The van der Waals surface area contributed by atoms with E-state index in [9.17, 15) is 108 Å². The number of rotatable bonds is 6. The van der Waals surface area contributed by atoms with E-state index in [1.54, 1.807) is 0 Å². The Balaban J connectivity index is -0.000000154. The maximum atomic E-state index is 11.3. The Morgan fingerprint density at radius 3 is 0.415 bits per heavy atom. The van der Waals surface area contributed by atoms with E-state index in [1.807, 2.05) is 0 Å². The molecule has 0 atom stereocenters. The third-order valence-corrected chi connectivity index (χ3v) is 2.46. The SMILES string of the molecule is O.O=C([CH-]C(=O)C(F)(F)F)C(F)(F)F.O=C([CH-]C(=O)C(F)(F)F)C(F)(F)F.O=C([CH-]C(=O)C(F)(F)F)C(F)(F)F.[Y+3]. The van der Waals surface area contributed by atoms with Crippen LogP contribution in [0.2, 0.25) is 0 Å². The fourth-order valence-corrected chi connectivity index (χ4v) is 0.848. The molecule has 0 radical (unpaired) electrons. The number of halogens is 18. The molecule has 0 saturated heterocycles. The second-order valence-corrected chi connectivity index (χ2v) is 5.61. The van der Waals surface area contributed by atoms with Gasteiger partial charge in [-0.15, -0.1) is 0 Å². The van der Waals surface area contributed by atoms with Gasteiger partial charge in [0.05, 0.1) is 0 Å². The smallest absolute Gasteiger partial charge is 0.412 e. The molecule has 0 saturated carbocycles. The number of carbonyl (C=O) groups is 6. The molecule has 0 aromatic heterocycles. The van der Waals surface area contributed by atoms with Gasteiger partial charge in [0.15, 0.2) is 0 Å². The predicted molar refractivity (Wildman–Crippen MR) is 82.9 cm³/mol. The van der Waals surface area contributed by atoms with Gasteiger partial charge in [0, 0.05) is 0 Å². The Bertz CT molecular complexity index is 729. The summed E-state index contributed by atoms with van der Waals surface area (Å²) in [6.07, 6.45) is -35.8. The van der Waals surface area contributed by atoms with Crippen molar-refractivity contribution in [3.63, 3.8) is 0 Å². The maximum absolute atomic E-state index is 11.3. The van der Waals surface area contributed by atoms with Crippen LogP contribution in [0.25, 0.3) is 0 Å². The molecule has 0 unspecified atom stereocenters. The van der Waals surface area contributed by atoms with E-state index in [-0.39, 0.29) is 38.2 Å². The van der Waals surface area contributed by atoms with Crippen LogP contribution >= 0.6 is 0 Å². The monoisotopic (exact) mass is 728 g/mol. The molecule has 7 nitrogen and oxygen atoms in total. The normalized spacial score (nSPS) is 11.9. The molecule has 0 fully saturated rings. The number of alkyl halides is 18. The maximum Gasteiger partial charge on any atom is 3.00 e.